The lowest BCUT2D eigenvalue weighted by Gasteiger charge is -2.47. The third-order valence-electron chi connectivity index (χ3n) is 12.8. The Kier molecular flexibility index (Phi) is 8.74. The van der Waals surface area contributed by atoms with Gasteiger partial charge in [0, 0.05) is 55.1 Å². The number of nitrogens with zero attached hydrogens (tertiary/aromatic N) is 6. The van der Waals surface area contributed by atoms with Crippen LogP contribution in [0.4, 0.5) is 26.0 Å². The highest BCUT2D eigenvalue weighted by atomic mass is 19.1. The normalized spacial score (nSPS) is 24.3. The van der Waals surface area contributed by atoms with E-state index < -0.39 is 17.4 Å². The number of benzene rings is 2. The van der Waals surface area contributed by atoms with Crippen LogP contribution in [0.1, 0.15) is 73.5 Å². The van der Waals surface area contributed by atoms with E-state index in [1.54, 1.807) is 20.3 Å². The number of carbonyl (C=O) groups is 2. The number of rotatable bonds is 8. The summed E-state index contributed by atoms with van der Waals surface area (Å²) in [4.78, 5) is 44.1. The summed E-state index contributed by atoms with van der Waals surface area (Å²) in [5.41, 5.74) is 5.28. The number of amides is 2. The number of halogens is 2. The van der Waals surface area contributed by atoms with Crippen molar-refractivity contribution in [1.29, 1.82) is 0 Å². The molecule has 11 nitrogen and oxygen atoms in total. The van der Waals surface area contributed by atoms with Crippen molar-refractivity contribution < 1.29 is 23.1 Å². The zero-order chi connectivity index (χ0) is 37.5. The van der Waals surface area contributed by atoms with Crippen molar-refractivity contribution >= 4 is 40.0 Å². The van der Waals surface area contributed by atoms with Gasteiger partial charge in [-0.25, -0.2) is 18.7 Å². The number of aryl methyl sites for hydroxylation is 1. The first-order valence-electron chi connectivity index (χ1n) is 19.4. The molecular weight excluding hydrogens is 690 g/mol. The van der Waals surface area contributed by atoms with Crippen LogP contribution in [0, 0.1) is 12.7 Å². The number of hydrogen-bond acceptors (Lipinski definition) is 8. The molecule has 4 aliphatic heterocycles. The molecule has 4 aromatic rings. The monoisotopic (exact) mass is 738 g/mol. The molecule has 1 aliphatic carbocycles. The zero-order valence-electron chi connectivity index (χ0n) is 31.4. The third kappa shape index (κ3) is 5.69. The molecule has 54 heavy (non-hydrogen) atoms. The van der Waals surface area contributed by atoms with Gasteiger partial charge in [0.25, 0.3) is 5.91 Å². The number of ether oxygens (including phenoxy) is 1. The van der Waals surface area contributed by atoms with E-state index in [4.69, 9.17) is 14.7 Å². The van der Waals surface area contributed by atoms with Crippen LogP contribution in [0.15, 0.2) is 42.7 Å². The lowest BCUT2D eigenvalue weighted by atomic mass is 9.73. The first-order valence-corrected chi connectivity index (χ1v) is 19.4. The molecular formula is C41H48F2N8O3. The SMILES string of the molecule is CNC(=O)c1cc(Nc2nc(-c3ccc4c(c3)N([C@H]3C[C@@H](N5CC[C@H](F)C5)C3)C(=O)C43CCN(C4COC4)CC3)cc3ncn(C(C)C)c23)c(F)cc1C. The molecule has 1 saturated carbocycles. The Morgan fingerprint density at radius 3 is 2.46 bits per heavy atom. The maximum atomic E-state index is 15.5. The number of likely N-dealkylation sites (tertiary alicyclic amines) is 2. The van der Waals surface area contributed by atoms with Gasteiger partial charge in [0.15, 0.2) is 5.82 Å². The Bertz CT molecular complexity index is 2140. The molecule has 13 heteroatoms. The fourth-order valence-corrected chi connectivity index (χ4v) is 9.41. The molecule has 2 amide bonds. The van der Waals surface area contributed by atoms with E-state index in [1.165, 1.54) is 12.1 Å². The first kappa shape index (κ1) is 35.3. The van der Waals surface area contributed by atoms with Gasteiger partial charge in [-0.2, -0.15) is 0 Å². The minimum atomic E-state index is -0.771. The molecule has 6 heterocycles. The predicted octanol–water partition coefficient (Wildman–Crippen LogP) is 5.88. The topological polar surface area (TPSA) is 108 Å². The second-order valence-corrected chi connectivity index (χ2v) is 16.2. The van der Waals surface area contributed by atoms with Gasteiger partial charge in [0.05, 0.1) is 47.9 Å². The zero-order valence-corrected chi connectivity index (χ0v) is 31.4. The summed E-state index contributed by atoms with van der Waals surface area (Å²) < 4.78 is 37.1. The van der Waals surface area contributed by atoms with E-state index in [1.807, 2.05) is 30.5 Å². The van der Waals surface area contributed by atoms with Gasteiger partial charge in [0.2, 0.25) is 5.91 Å². The summed E-state index contributed by atoms with van der Waals surface area (Å²) >= 11 is 0. The fraction of sp³-hybridized carbons (Fsp3) is 0.512. The van der Waals surface area contributed by atoms with Gasteiger partial charge in [0.1, 0.15) is 17.5 Å². The van der Waals surface area contributed by atoms with Crippen LogP contribution in [0.5, 0.6) is 0 Å². The molecule has 284 valence electrons. The van der Waals surface area contributed by atoms with Crippen LogP contribution in [-0.4, -0.2) is 107 Å². The summed E-state index contributed by atoms with van der Waals surface area (Å²) in [6.45, 7) is 10.2. The lowest BCUT2D eigenvalue weighted by molar-refractivity contribution is -0.128. The van der Waals surface area contributed by atoms with Crippen molar-refractivity contribution in [2.24, 2.45) is 0 Å². The summed E-state index contributed by atoms with van der Waals surface area (Å²) in [6.07, 6.45) is 4.73. The number of piperidine rings is 1. The van der Waals surface area contributed by atoms with Gasteiger partial charge in [-0.05, 0) is 101 Å². The average molecular weight is 739 g/mol. The highest BCUT2D eigenvalue weighted by molar-refractivity contribution is 6.09. The van der Waals surface area contributed by atoms with Crippen LogP contribution in [-0.2, 0) is 14.9 Å². The van der Waals surface area contributed by atoms with Crippen molar-refractivity contribution in [1.82, 2.24) is 29.7 Å². The second kappa shape index (κ2) is 13.4. The minimum Gasteiger partial charge on any atom is -0.378 e. The first-order chi connectivity index (χ1) is 26.0. The Balaban J connectivity index is 1.10. The molecule has 1 atom stereocenters. The maximum Gasteiger partial charge on any atom is 0.251 e. The Morgan fingerprint density at radius 2 is 1.80 bits per heavy atom. The molecule has 0 radical (unpaired) electrons. The molecule has 1 spiro atoms. The van der Waals surface area contributed by atoms with E-state index in [2.05, 4.69) is 37.5 Å². The van der Waals surface area contributed by atoms with E-state index >= 15 is 4.39 Å². The fourth-order valence-electron chi connectivity index (χ4n) is 9.41. The van der Waals surface area contributed by atoms with Gasteiger partial charge in [-0.1, -0.05) is 12.1 Å². The van der Waals surface area contributed by atoms with E-state index in [0.29, 0.717) is 52.7 Å². The van der Waals surface area contributed by atoms with Crippen LogP contribution in [0.3, 0.4) is 0 Å². The number of hydrogen-bond donors (Lipinski definition) is 2. The van der Waals surface area contributed by atoms with Crippen LogP contribution in [0.25, 0.3) is 22.3 Å². The highest BCUT2D eigenvalue weighted by Crippen LogP contribution is 2.52. The number of nitrogens with one attached hydrogen (secondary N) is 2. The summed E-state index contributed by atoms with van der Waals surface area (Å²) in [7, 11) is 1.55. The lowest BCUT2D eigenvalue weighted by Crippen LogP contribution is -2.59. The third-order valence-corrected chi connectivity index (χ3v) is 12.8. The standard InChI is InChI=1S/C41H48F2N8O3/c1-23(2)50-22-45-35-18-33(46-38(37(35)50)47-34-17-30(39(52)44-4)24(3)13-32(34)43)25-5-6-31-36(14-25)51(28-15-27(16-28)49-10-7-26(42)19-49)40(53)41(31)8-11-48(12-9-41)29-20-54-21-29/h5-6,13-14,17-18,22-23,26-29H,7-12,15-16,19-21H2,1-4H3,(H,44,52)(H,46,47)/t26-,27-,28+/m0/s1. The van der Waals surface area contributed by atoms with Gasteiger partial charge in [-0.3, -0.25) is 19.4 Å². The number of aromatic nitrogens is 3. The molecule has 4 fully saturated rings. The Hall–Kier alpha value is -4.46. The van der Waals surface area contributed by atoms with Gasteiger partial charge >= 0.3 is 0 Å². The van der Waals surface area contributed by atoms with Crippen LogP contribution >= 0.6 is 0 Å². The van der Waals surface area contributed by atoms with E-state index in [9.17, 15) is 14.0 Å². The smallest absolute Gasteiger partial charge is 0.251 e. The number of imidazole rings is 1. The summed E-state index contributed by atoms with van der Waals surface area (Å²) in [5, 5.41) is 5.86. The summed E-state index contributed by atoms with van der Waals surface area (Å²) in [5.74, 6) is -0.221. The molecule has 2 aromatic heterocycles. The van der Waals surface area contributed by atoms with E-state index in [-0.39, 0.29) is 35.6 Å². The van der Waals surface area contributed by atoms with Crippen molar-refractivity contribution in [2.75, 3.05) is 56.7 Å². The molecule has 9 rings (SSSR count). The van der Waals surface area contributed by atoms with Crippen molar-refractivity contribution in [3.8, 4) is 11.3 Å². The second-order valence-electron chi connectivity index (χ2n) is 16.2. The predicted molar refractivity (Wildman–Crippen MR) is 204 cm³/mol. The molecule has 3 saturated heterocycles. The van der Waals surface area contributed by atoms with Crippen molar-refractivity contribution in [2.45, 2.75) is 88.6 Å². The number of carbonyl (C=O) groups excluding carboxylic acids is 2. The Morgan fingerprint density at radius 1 is 1.02 bits per heavy atom. The Labute approximate surface area is 314 Å². The van der Waals surface area contributed by atoms with Gasteiger partial charge < -0.3 is 24.8 Å². The number of fused-ring (bicyclic) bond motifs is 3. The molecule has 0 bridgehead atoms. The van der Waals surface area contributed by atoms with Crippen molar-refractivity contribution in [3.05, 3.63) is 65.2 Å². The van der Waals surface area contributed by atoms with Crippen molar-refractivity contribution in [3.63, 3.8) is 0 Å². The van der Waals surface area contributed by atoms with Crippen LogP contribution in [0.2, 0.25) is 0 Å². The molecule has 2 N–H and O–H groups in total. The molecule has 5 aliphatic rings. The summed E-state index contributed by atoms with van der Waals surface area (Å²) in [6, 6.07) is 11.9. The number of pyridine rings is 1. The minimum absolute atomic E-state index is 0.0426. The largest absolute Gasteiger partial charge is 0.378 e. The maximum absolute atomic E-state index is 15.5. The highest BCUT2D eigenvalue weighted by Gasteiger charge is 2.56. The quantitative estimate of drug-likeness (QED) is 0.231. The van der Waals surface area contributed by atoms with Crippen LogP contribution < -0.4 is 15.5 Å². The molecule has 0 unspecified atom stereocenters. The molecule has 2 aromatic carbocycles. The number of anilines is 3. The van der Waals surface area contributed by atoms with E-state index in [0.717, 1.165) is 75.3 Å². The average Bonchev–Trinajstić information content (AvgIpc) is 3.81. The number of alkyl halides is 1. The van der Waals surface area contributed by atoms with Gasteiger partial charge in [-0.15, -0.1) is 0 Å².